The summed E-state index contributed by atoms with van der Waals surface area (Å²) in [6.45, 7) is 0. The fourth-order valence-corrected chi connectivity index (χ4v) is 5.12. The van der Waals surface area contributed by atoms with Crippen LogP contribution in [0.15, 0.2) is 89.5 Å². The molecule has 8 nitrogen and oxygen atoms in total. The number of hydrogen-bond donors (Lipinski definition) is 1. The minimum Gasteiger partial charge on any atom is -0.477 e. The highest BCUT2D eigenvalue weighted by atomic mass is 16.6. The average Bonchev–Trinajstić information content (AvgIpc) is 3.29. The highest BCUT2D eigenvalue weighted by Crippen LogP contribution is 2.45. The van der Waals surface area contributed by atoms with Crippen LogP contribution in [0, 0.1) is 16.0 Å². The van der Waals surface area contributed by atoms with Gasteiger partial charge in [-0.15, -0.1) is 0 Å². The highest BCUT2D eigenvalue weighted by Gasteiger charge is 2.45. The summed E-state index contributed by atoms with van der Waals surface area (Å²) >= 11 is 0. The lowest BCUT2D eigenvalue weighted by Crippen LogP contribution is -2.32. The minimum atomic E-state index is -1.53. The van der Waals surface area contributed by atoms with Crippen LogP contribution in [0.5, 0.6) is 0 Å². The predicted molar refractivity (Wildman–Crippen MR) is 135 cm³/mol. The number of nitro groups is 1. The molecule has 0 aromatic heterocycles. The van der Waals surface area contributed by atoms with Gasteiger partial charge in [0, 0.05) is 12.0 Å². The quantitative estimate of drug-likeness (QED) is 0.369. The monoisotopic (exact) mass is 481 g/mol. The van der Waals surface area contributed by atoms with Crippen molar-refractivity contribution >= 4 is 29.4 Å². The number of fused-ring (bicyclic) bond motifs is 1. The molecule has 36 heavy (non-hydrogen) atoms. The lowest BCUT2D eigenvalue weighted by atomic mass is 9.77. The summed E-state index contributed by atoms with van der Waals surface area (Å²) in [5, 5.41) is 27.4. The van der Waals surface area contributed by atoms with Gasteiger partial charge in [0.15, 0.2) is 0 Å². The Morgan fingerprint density at radius 2 is 1.69 bits per heavy atom. The molecule has 3 aromatic carbocycles. The first-order valence-electron chi connectivity index (χ1n) is 11.7. The molecule has 5 rings (SSSR count). The van der Waals surface area contributed by atoms with Crippen molar-refractivity contribution in [1.29, 1.82) is 0 Å². The molecule has 1 N–H and O–H groups in total. The fourth-order valence-electron chi connectivity index (χ4n) is 5.12. The van der Waals surface area contributed by atoms with Gasteiger partial charge in [-0.05, 0) is 48.1 Å². The van der Waals surface area contributed by atoms with Crippen LogP contribution in [0.4, 0.5) is 5.69 Å². The lowest BCUT2D eigenvalue weighted by Gasteiger charge is -2.29. The molecule has 1 saturated carbocycles. The summed E-state index contributed by atoms with van der Waals surface area (Å²) in [4.78, 5) is 36.6. The third kappa shape index (κ3) is 4.17. The van der Waals surface area contributed by atoms with Gasteiger partial charge in [0.25, 0.3) is 11.6 Å². The van der Waals surface area contributed by atoms with Crippen LogP contribution in [0.1, 0.15) is 57.1 Å². The molecule has 0 saturated heterocycles. The van der Waals surface area contributed by atoms with Gasteiger partial charge in [0.05, 0.1) is 22.2 Å². The van der Waals surface area contributed by atoms with Crippen molar-refractivity contribution in [2.24, 2.45) is 11.0 Å². The van der Waals surface area contributed by atoms with Crippen LogP contribution in [0.2, 0.25) is 0 Å². The maximum absolute atomic E-state index is 13.9. The number of hydrogen-bond acceptors (Lipinski definition) is 5. The van der Waals surface area contributed by atoms with Crippen LogP contribution < -0.4 is 0 Å². The largest absolute Gasteiger partial charge is 0.477 e. The molecule has 1 amide bonds. The summed E-state index contributed by atoms with van der Waals surface area (Å²) in [6.07, 6.45) is 4.63. The van der Waals surface area contributed by atoms with Gasteiger partial charge in [-0.1, -0.05) is 66.7 Å². The standard InChI is InChI=1S/C28H23N3O5/c32-27(21-14-8-16-23(31(35)36)24(21)28(33)34)30-26(19-11-5-2-6-12-19)22-15-7-13-20(25(22)29-30)17-18-9-3-1-4-10-18/h1-6,8-12,14,16-17,22,26H,7,13,15H2,(H,33,34)/b20-17-/t22-,26+/m1/s1. The lowest BCUT2D eigenvalue weighted by molar-refractivity contribution is -0.385. The molecular weight excluding hydrogens is 458 g/mol. The van der Waals surface area contributed by atoms with Crippen molar-refractivity contribution in [2.75, 3.05) is 0 Å². The van der Waals surface area contributed by atoms with E-state index in [4.69, 9.17) is 5.10 Å². The van der Waals surface area contributed by atoms with Gasteiger partial charge >= 0.3 is 5.97 Å². The number of nitro benzene ring substituents is 1. The van der Waals surface area contributed by atoms with Crippen molar-refractivity contribution in [1.82, 2.24) is 5.01 Å². The Hall–Kier alpha value is -4.59. The van der Waals surface area contributed by atoms with Crippen molar-refractivity contribution in [3.05, 3.63) is 117 Å². The van der Waals surface area contributed by atoms with E-state index in [0.29, 0.717) is 0 Å². The van der Waals surface area contributed by atoms with E-state index in [1.165, 1.54) is 17.1 Å². The zero-order valence-electron chi connectivity index (χ0n) is 19.3. The topological polar surface area (TPSA) is 113 Å². The second kappa shape index (κ2) is 9.58. The molecule has 3 aromatic rings. The molecule has 1 aliphatic heterocycles. The van der Waals surface area contributed by atoms with Gasteiger partial charge in [0.2, 0.25) is 0 Å². The van der Waals surface area contributed by atoms with E-state index >= 15 is 0 Å². The molecule has 0 spiro atoms. The number of nitrogens with zero attached hydrogens (tertiary/aromatic N) is 3. The van der Waals surface area contributed by atoms with Gasteiger partial charge in [-0.3, -0.25) is 14.9 Å². The van der Waals surface area contributed by atoms with E-state index in [1.54, 1.807) is 0 Å². The molecule has 2 aliphatic rings. The molecule has 0 bridgehead atoms. The number of carboxylic acid groups (broad SMARTS) is 1. The Labute approximate surface area is 207 Å². The van der Waals surface area contributed by atoms with Gasteiger partial charge in [-0.2, -0.15) is 5.10 Å². The average molecular weight is 482 g/mol. The molecule has 2 atom stereocenters. The number of allylic oxidation sites excluding steroid dienone is 1. The van der Waals surface area contributed by atoms with E-state index in [1.807, 2.05) is 60.7 Å². The first-order chi connectivity index (χ1) is 17.5. The number of aromatic carboxylic acids is 1. The van der Waals surface area contributed by atoms with Crippen molar-refractivity contribution in [2.45, 2.75) is 25.3 Å². The SMILES string of the molecule is O=C(O)c1c(C(=O)N2N=C3/C(=C\c4ccccc4)CCC[C@H]3[C@@H]2c2ccccc2)cccc1[N+](=O)[O-]. The van der Waals surface area contributed by atoms with E-state index in [9.17, 15) is 24.8 Å². The normalized spacial score (nSPS) is 20.1. The highest BCUT2D eigenvalue weighted by molar-refractivity contribution is 6.11. The first-order valence-corrected chi connectivity index (χ1v) is 11.7. The van der Waals surface area contributed by atoms with E-state index in [0.717, 1.165) is 47.7 Å². The smallest absolute Gasteiger partial charge is 0.343 e. The Balaban J connectivity index is 1.64. The summed E-state index contributed by atoms with van der Waals surface area (Å²) in [7, 11) is 0. The van der Waals surface area contributed by atoms with Crippen LogP contribution in [0.25, 0.3) is 6.08 Å². The molecule has 0 radical (unpaired) electrons. The maximum Gasteiger partial charge on any atom is 0.343 e. The Morgan fingerprint density at radius 1 is 1.00 bits per heavy atom. The van der Waals surface area contributed by atoms with E-state index in [-0.39, 0.29) is 11.5 Å². The molecule has 0 unspecified atom stereocenters. The fraction of sp³-hybridized carbons (Fsp3) is 0.179. The minimum absolute atomic E-state index is 0.0768. The summed E-state index contributed by atoms with van der Waals surface area (Å²) in [6, 6.07) is 22.6. The number of benzene rings is 3. The summed E-state index contributed by atoms with van der Waals surface area (Å²) in [5.74, 6) is -2.28. The summed E-state index contributed by atoms with van der Waals surface area (Å²) in [5.41, 5.74) is 2.23. The number of carbonyl (C=O) groups excluding carboxylic acids is 1. The third-order valence-corrected chi connectivity index (χ3v) is 6.67. The van der Waals surface area contributed by atoms with Gasteiger partial charge in [-0.25, -0.2) is 9.80 Å². The third-order valence-electron chi connectivity index (χ3n) is 6.67. The van der Waals surface area contributed by atoms with Crippen LogP contribution in [-0.4, -0.2) is 32.6 Å². The molecule has 1 fully saturated rings. The van der Waals surface area contributed by atoms with Crippen molar-refractivity contribution in [3.63, 3.8) is 0 Å². The van der Waals surface area contributed by atoms with Crippen molar-refractivity contribution in [3.8, 4) is 0 Å². The van der Waals surface area contributed by atoms with Crippen LogP contribution in [-0.2, 0) is 0 Å². The molecule has 180 valence electrons. The van der Waals surface area contributed by atoms with Gasteiger partial charge < -0.3 is 5.11 Å². The molecule has 8 heteroatoms. The second-order valence-electron chi connectivity index (χ2n) is 8.83. The number of rotatable bonds is 5. The number of carboxylic acids is 1. The maximum atomic E-state index is 13.9. The van der Waals surface area contributed by atoms with Crippen molar-refractivity contribution < 1.29 is 19.6 Å². The zero-order valence-corrected chi connectivity index (χ0v) is 19.3. The molecular formula is C28H23N3O5. The number of amides is 1. The second-order valence-corrected chi connectivity index (χ2v) is 8.83. The van der Waals surface area contributed by atoms with Crippen LogP contribution in [0.3, 0.4) is 0 Å². The first kappa shape index (κ1) is 23.2. The molecule has 1 heterocycles. The number of hydrazone groups is 1. The molecule has 1 aliphatic carbocycles. The Kier molecular flexibility index (Phi) is 6.16. The number of carbonyl (C=O) groups is 2. The van der Waals surface area contributed by atoms with Gasteiger partial charge in [0.1, 0.15) is 5.56 Å². The van der Waals surface area contributed by atoms with Crippen LogP contribution >= 0.6 is 0 Å². The van der Waals surface area contributed by atoms with E-state index < -0.39 is 34.1 Å². The Morgan fingerprint density at radius 3 is 2.36 bits per heavy atom. The predicted octanol–water partition coefficient (Wildman–Crippen LogP) is 5.73. The summed E-state index contributed by atoms with van der Waals surface area (Å²) < 4.78 is 0. The Bertz CT molecular complexity index is 1400. The van der Waals surface area contributed by atoms with E-state index in [2.05, 4.69) is 6.08 Å². The zero-order chi connectivity index (χ0) is 25.2.